The van der Waals surface area contributed by atoms with Gasteiger partial charge < -0.3 is 9.47 Å². The van der Waals surface area contributed by atoms with E-state index < -0.39 is 5.41 Å². The summed E-state index contributed by atoms with van der Waals surface area (Å²) in [4.78, 5) is 0. The van der Waals surface area contributed by atoms with Crippen LogP contribution in [-0.2, 0) is 5.41 Å². The van der Waals surface area contributed by atoms with Crippen molar-refractivity contribution < 1.29 is 9.47 Å². The Labute approximate surface area is 154 Å². The largest absolute Gasteiger partial charge is 0.493 e. The molecule has 2 nitrogen and oxygen atoms in total. The van der Waals surface area contributed by atoms with E-state index in [4.69, 9.17) is 21.1 Å². The van der Waals surface area contributed by atoms with Crippen molar-refractivity contribution >= 4 is 11.6 Å². The van der Waals surface area contributed by atoms with E-state index in [1.807, 2.05) is 48.5 Å². The molecule has 0 saturated heterocycles. The molecule has 0 bridgehead atoms. The number of hydrogen-bond acceptors (Lipinski definition) is 2. The van der Waals surface area contributed by atoms with Crippen LogP contribution >= 0.6 is 11.6 Å². The predicted octanol–water partition coefficient (Wildman–Crippen LogP) is 5.28. The van der Waals surface area contributed by atoms with Gasteiger partial charge in [0, 0.05) is 11.4 Å². The standard InChI is InChI=1S/C22H21ClO2/c1-24-20-15-9-14-19(21(20)25-2)22(16-23,17-10-5-3-6-11-17)18-12-7-4-8-13-18/h3-15H,16H2,1-2H3. The van der Waals surface area contributed by atoms with Crippen molar-refractivity contribution in [2.24, 2.45) is 0 Å². The maximum Gasteiger partial charge on any atom is 0.165 e. The van der Waals surface area contributed by atoms with E-state index in [0.717, 1.165) is 16.7 Å². The molecular formula is C22H21ClO2. The van der Waals surface area contributed by atoms with Crippen LogP contribution in [0.25, 0.3) is 0 Å². The zero-order chi connectivity index (χ0) is 17.7. The highest BCUT2D eigenvalue weighted by Gasteiger charge is 2.38. The van der Waals surface area contributed by atoms with Gasteiger partial charge in [0.15, 0.2) is 11.5 Å². The van der Waals surface area contributed by atoms with Crippen molar-refractivity contribution in [1.82, 2.24) is 0 Å². The number of rotatable bonds is 6. The van der Waals surface area contributed by atoms with Crippen LogP contribution in [0.4, 0.5) is 0 Å². The van der Waals surface area contributed by atoms with Gasteiger partial charge in [0.2, 0.25) is 0 Å². The number of alkyl halides is 1. The minimum atomic E-state index is -0.538. The Balaban J connectivity index is 2.37. The third-order valence-corrected chi connectivity index (χ3v) is 5.00. The van der Waals surface area contributed by atoms with E-state index in [-0.39, 0.29) is 0 Å². The Morgan fingerprint density at radius 3 is 1.72 bits per heavy atom. The van der Waals surface area contributed by atoms with Gasteiger partial charge in [0.05, 0.1) is 19.6 Å². The van der Waals surface area contributed by atoms with Gasteiger partial charge in [-0.2, -0.15) is 0 Å². The maximum absolute atomic E-state index is 6.66. The fraction of sp³-hybridized carbons (Fsp3) is 0.182. The molecule has 0 N–H and O–H groups in total. The van der Waals surface area contributed by atoms with Crippen molar-refractivity contribution in [2.75, 3.05) is 20.1 Å². The molecule has 0 fully saturated rings. The third-order valence-electron chi connectivity index (χ3n) is 4.60. The van der Waals surface area contributed by atoms with E-state index in [1.54, 1.807) is 14.2 Å². The van der Waals surface area contributed by atoms with Crippen LogP contribution in [0.15, 0.2) is 78.9 Å². The third kappa shape index (κ3) is 2.98. The lowest BCUT2D eigenvalue weighted by Gasteiger charge is -2.35. The Kier molecular flexibility index (Phi) is 5.30. The quantitative estimate of drug-likeness (QED) is 0.444. The molecule has 0 amide bonds. The number of ether oxygens (including phenoxy) is 2. The summed E-state index contributed by atoms with van der Waals surface area (Å²) in [6.45, 7) is 0. The molecule has 3 aromatic rings. The Morgan fingerprint density at radius 1 is 0.720 bits per heavy atom. The number of halogens is 1. The molecule has 0 unspecified atom stereocenters. The second-order valence-corrected chi connectivity index (χ2v) is 6.08. The molecule has 3 aromatic carbocycles. The Hall–Kier alpha value is -2.45. The summed E-state index contributed by atoms with van der Waals surface area (Å²) in [6, 6.07) is 26.5. The minimum Gasteiger partial charge on any atom is -0.493 e. The average molecular weight is 353 g/mol. The summed E-state index contributed by atoms with van der Waals surface area (Å²) in [7, 11) is 3.31. The van der Waals surface area contributed by atoms with Gasteiger partial charge in [0.1, 0.15) is 0 Å². The number of hydrogen-bond donors (Lipinski definition) is 0. The fourth-order valence-corrected chi connectivity index (χ4v) is 3.83. The van der Waals surface area contributed by atoms with Gasteiger partial charge in [-0.05, 0) is 17.2 Å². The van der Waals surface area contributed by atoms with Crippen molar-refractivity contribution in [3.63, 3.8) is 0 Å². The lowest BCUT2D eigenvalue weighted by Crippen LogP contribution is -2.32. The fourth-order valence-electron chi connectivity index (χ4n) is 3.37. The first-order valence-corrected chi connectivity index (χ1v) is 8.70. The van der Waals surface area contributed by atoms with Crippen LogP contribution in [0.2, 0.25) is 0 Å². The predicted molar refractivity (Wildman–Crippen MR) is 103 cm³/mol. The summed E-state index contributed by atoms with van der Waals surface area (Å²) >= 11 is 6.66. The van der Waals surface area contributed by atoms with Gasteiger partial charge in [0.25, 0.3) is 0 Å². The normalized spacial score (nSPS) is 11.2. The summed E-state index contributed by atoms with van der Waals surface area (Å²) in [5.41, 5.74) is 2.68. The van der Waals surface area contributed by atoms with Crippen molar-refractivity contribution in [1.29, 1.82) is 0 Å². The smallest absolute Gasteiger partial charge is 0.165 e. The van der Waals surface area contributed by atoms with Gasteiger partial charge in [-0.3, -0.25) is 0 Å². The van der Waals surface area contributed by atoms with Gasteiger partial charge in [-0.25, -0.2) is 0 Å². The molecule has 3 heteroatoms. The Morgan fingerprint density at radius 2 is 1.28 bits per heavy atom. The number of methoxy groups -OCH3 is 2. The average Bonchev–Trinajstić information content (AvgIpc) is 2.70. The van der Waals surface area contributed by atoms with Crippen LogP contribution in [-0.4, -0.2) is 20.1 Å². The molecule has 0 aliphatic carbocycles. The molecule has 3 rings (SSSR count). The van der Waals surface area contributed by atoms with Crippen molar-refractivity contribution in [3.05, 3.63) is 95.6 Å². The summed E-state index contributed by atoms with van der Waals surface area (Å²) in [6.07, 6.45) is 0. The molecule has 128 valence electrons. The molecular weight excluding hydrogens is 332 g/mol. The maximum atomic E-state index is 6.66. The second kappa shape index (κ2) is 7.62. The Bertz CT molecular complexity index is 776. The molecule has 0 atom stereocenters. The highest BCUT2D eigenvalue weighted by atomic mass is 35.5. The lowest BCUT2D eigenvalue weighted by molar-refractivity contribution is 0.348. The van der Waals surface area contributed by atoms with Crippen LogP contribution in [0.3, 0.4) is 0 Å². The number of para-hydroxylation sites is 1. The first-order chi connectivity index (χ1) is 12.3. The van der Waals surface area contributed by atoms with Crippen molar-refractivity contribution in [3.8, 4) is 11.5 Å². The summed E-state index contributed by atoms with van der Waals surface area (Å²) in [5.74, 6) is 1.78. The van der Waals surface area contributed by atoms with Crippen LogP contribution in [0, 0.1) is 0 Å². The van der Waals surface area contributed by atoms with Gasteiger partial charge in [-0.15, -0.1) is 11.6 Å². The topological polar surface area (TPSA) is 18.5 Å². The lowest BCUT2D eigenvalue weighted by atomic mass is 9.70. The molecule has 0 spiro atoms. The van der Waals surface area contributed by atoms with E-state index in [1.165, 1.54) is 0 Å². The van der Waals surface area contributed by atoms with Crippen LogP contribution < -0.4 is 9.47 Å². The van der Waals surface area contributed by atoms with E-state index >= 15 is 0 Å². The summed E-state index contributed by atoms with van der Waals surface area (Å²) in [5, 5.41) is 0. The van der Waals surface area contributed by atoms with Crippen LogP contribution in [0.1, 0.15) is 16.7 Å². The molecule has 0 radical (unpaired) electrons. The second-order valence-electron chi connectivity index (χ2n) is 5.81. The molecule has 25 heavy (non-hydrogen) atoms. The highest BCUT2D eigenvalue weighted by molar-refractivity contribution is 6.19. The molecule has 0 aliphatic heterocycles. The van der Waals surface area contributed by atoms with E-state index in [2.05, 4.69) is 30.3 Å². The molecule has 0 heterocycles. The van der Waals surface area contributed by atoms with Crippen LogP contribution in [0.5, 0.6) is 11.5 Å². The first kappa shape index (κ1) is 17.4. The highest BCUT2D eigenvalue weighted by Crippen LogP contribution is 2.47. The van der Waals surface area contributed by atoms with Gasteiger partial charge >= 0.3 is 0 Å². The summed E-state index contributed by atoms with van der Waals surface area (Å²) < 4.78 is 11.3. The van der Waals surface area contributed by atoms with Crippen molar-refractivity contribution in [2.45, 2.75) is 5.41 Å². The monoisotopic (exact) mass is 352 g/mol. The molecule has 0 aliphatic rings. The zero-order valence-corrected chi connectivity index (χ0v) is 15.2. The molecule has 0 aromatic heterocycles. The molecule has 0 saturated carbocycles. The minimum absolute atomic E-state index is 0.380. The number of benzene rings is 3. The van der Waals surface area contributed by atoms with E-state index in [0.29, 0.717) is 17.4 Å². The first-order valence-electron chi connectivity index (χ1n) is 8.16. The SMILES string of the molecule is COc1cccc(C(CCl)(c2ccccc2)c2ccccc2)c1OC. The zero-order valence-electron chi connectivity index (χ0n) is 14.4. The van der Waals surface area contributed by atoms with E-state index in [9.17, 15) is 0 Å². The van der Waals surface area contributed by atoms with Gasteiger partial charge in [-0.1, -0.05) is 72.8 Å².